The van der Waals surface area contributed by atoms with Gasteiger partial charge in [0.25, 0.3) is 0 Å². The lowest BCUT2D eigenvalue weighted by molar-refractivity contribution is -0.0497. The van der Waals surface area contributed by atoms with Gasteiger partial charge >= 0.3 is 12.6 Å². The largest absolute Gasteiger partial charge is 0.433 e. The number of alkyl halides is 2. The van der Waals surface area contributed by atoms with Gasteiger partial charge in [-0.15, -0.1) is 0 Å². The number of aliphatic hydroxyl groups excluding tert-OH is 1. The van der Waals surface area contributed by atoms with Gasteiger partial charge in [-0.25, -0.2) is 4.79 Å². The number of ether oxygens (including phenoxy) is 1. The Morgan fingerprint density at radius 1 is 1.55 bits per heavy atom. The number of carbonyl (C=O) groups excluding carboxylic acids is 1. The number of aliphatic hydroxyl groups is 1. The third kappa shape index (κ3) is 4.45. The summed E-state index contributed by atoms with van der Waals surface area (Å²) in [6.07, 6.45) is 1.70. The maximum absolute atomic E-state index is 12.3. The molecule has 5 nitrogen and oxygen atoms in total. The van der Waals surface area contributed by atoms with Crippen LogP contribution in [0, 0.1) is 5.92 Å². The molecule has 1 aliphatic rings. The zero-order valence-electron chi connectivity index (χ0n) is 11.8. The van der Waals surface area contributed by atoms with E-state index in [9.17, 15) is 18.7 Å². The molecule has 0 aliphatic carbocycles. The van der Waals surface area contributed by atoms with Gasteiger partial charge in [-0.1, -0.05) is 11.6 Å². The van der Waals surface area contributed by atoms with Crippen molar-refractivity contribution in [3.63, 3.8) is 0 Å². The zero-order valence-corrected chi connectivity index (χ0v) is 12.5. The number of rotatable bonds is 4. The summed E-state index contributed by atoms with van der Waals surface area (Å²) in [7, 11) is 0. The highest BCUT2D eigenvalue weighted by atomic mass is 35.5. The highest BCUT2D eigenvalue weighted by molar-refractivity contribution is 6.32. The van der Waals surface area contributed by atoms with Crippen LogP contribution in [0.4, 0.5) is 19.3 Å². The molecule has 0 spiro atoms. The molecule has 1 aromatic carbocycles. The van der Waals surface area contributed by atoms with Crippen LogP contribution in [0.3, 0.4) is 0 Å². The fourth-order valence-corrected chi connectivity index (χ4v) is 2.53. The summed E-state index contributed by atoms with van der Waals surface area (Å²) in [5.74, 6) is -0.121. The lowest BCUT2D eigenvalue weighted by Crippen LogP contribution is -2.43. The van der Waals surface area contributed by atoms with Crippen molar-refractivity contribution in [1.82, 2.24) is 4.90 Å². The Morgan fingerprint density at radius 3 is 3.00 bits per heavy atom. The third-order valence-corrected chi connectivity index (χ3v) is 3.78. The molecule has 0 saturated carbocycles. The number of nitrogens with zero attached hydrogens (tertiary/aromatic N) is 1. The molecule has 8 heteroatoms. The molecule has 22 heavy (non-hydrogen) atoms. The average molecular weight is 335 g/mol. The molecule has 2 amide bonds. The van der Waals surface area contributed by atoms with Gasteiger partial charge in [0.05, 0.1) is 5.02 Å². The van der Waals surface area contributed by atoms with Gasteiger partial charge in [-0.2, -0.15) is 8.78 Å². The second-order valence-corrected chi connectivity index (χ2v) is 5.50. The van der Waals surface area contributed by atoms with Crippen molar-refractivity contribution in [1.29, 1.82) is 0 Å². The van der Waals surface area contributed by atoms with E-state index in [0.29, 0.717) is 18.8 Å². The van der Waals surface area contributed by atoms with Crippen LogP contribution in [0.15, 0.2) is 18.2 Å². The SMILES string of the molecule is O=C(Nc1ccc(Cl)c(OC(F)F)c1)N1CCCC(CO)C1. The molecule has 1 atom stereocenters. The van der Waals surface area contributed by atoms with Gasteiger partial charge in [0.1, 0.15) is 5.75 Å². The number of urea groups is 1. The lowest BCUT2D eigenvalue weighted by atomic mass is 9.99. The van der Waals surface area contributed by atoms with Crippen molar-refractivity contribution in [2.45, 2.75) is 19.5 Å². The number of anilines is 1. The van der Waals surface area contributed by atoms with Crippen LogP contribution in [0.25, 0.3) is 0 Å². The van der Waals surface area contributed by atoms with Crippen molar-refractivity contribution >= 4 is 23.3 Å². The van der Waals surface area contributed by atoms with E-state index in [1.807, 2.05) is 0 Å². The van der Waals surface area contributed by atoms with Crippen LogP contribution in [0.5, 0.6) is 5.75 Å². The second-order valence-electron chi connectivity index (χ2n) is 5.09. The molecule has 0 bridgehead atoms. The van der Waals surface area contributed by atoms with Crippen molar-refractivity contribution in [2.75, 3.05) is 25.0 Å². The monoisotopic (exact) mass is 334 g/mol. The van der Waals surface area contributed by atoms with Gasteiger partial charge < -0.3 is 20.1 Å². The maximum atomic E-state index is 12.3. The summed E-state index contributed by atoms with van der Waals surface area (Å²) in [5.41, 5.74) is 0.316. The average Bonchev–Trinajstić information content (AvgIpc) is 2.50. The van der Waals surface area contributed by atoms with Crippen LogP contribution in [0.1, 0.15) is 12.8 Å². The quantitative estimate of drug-likeness (QED) is 0.889. The molecule has 1 saturated heterocycles. The van der Waals surface area contributed by atoms with E-state index < -0.39 is 6.61 Å². The molecule has 2 N–H and O–H groups in total. The first kappa shape index (κ1) is 16.8. The molecule has 0 radical (unpaired) electrons. The minimum absolute atomic E-state index is 0.0385. The number of halogens is 3. The Kier molecular flexibility index (Phi) is 5.79. The smallest absolute Gasteiger partial charge is 0.387 e. The van der Waals surface area contributed by atoms with E-state index in [4.69, 9.17) is 11.6 Å². The Hall–Kier alpha value is -1.60. The first-order chi connectivity index (χ1) is 10.5. The van der Waals surface area contributed by atoms with Gasteiger partial charge in [-0.05, 0) is 30.9 Å². The van der Waals surface area contributed by atoms with E-state index in [0.717, 1.165) is 12.8 Å². The molecular weight excluding hydrogens is 318 g/mol. The van der Waals surface area contributed by atoms with Crippen LogP contribution in [0.2, 0.25) is 5.02 Å². The highest BCUT2D eigenvalue weighted by Gasteiger charge is 2.23. The van der Waals surface area contributed by atoms with Crippen molar-refractivity contribution in [2.24, 2.45) is 5.92 Å². The topological polar surface area (TPSA) is 61.8 Å². The van der Waals surface area contributed by atoms with E-state index in [-0.39, 0.29) is 29.3 Å². The number of nitrogens with one attached hydrogen (secondary N) is 1. The van der Waals surface area contributed by atoms with Crippen LogP contribution in [-0.2, 0) is 0 Å². The van der Waals surface area contributed by atoms with Gasteiger partial charge in [-0.3, -0.25) is 0 Å². The first-order valence-electron chi connectivity index (χ1n) is 6.90. The van der Waals surface area contributed by atoms with E-state index in [1.54, 1.807) is 4.90 Å². The number of amides is 2. The van der Waals surface area contributed by atoms with E-state index in [1.165, 1.54) is 18.2 Å². The van der Waals surface area contributed by atoms with Gasteiger partial charge in [0.15, 0.2) is 0 Å². The second kappa shape index (κ2) is 7.60. The summed E-state index contributed by atoms with van der Waals surface area (Å²) >= 11 is 5.75. The van der Waals surface area contributed by atoms with Crippen LogP contribution in [-0.4, -0.2) is 42.3 Å². The molecule has 0 aromatic heterocycles. The maximum Gasteiger partial charge on any atom is 0.387 e. The minimum Gasteiger partial charge on any atom is -0.433 e. The summed E-state index contributed by atoms with van der Waals surface area (Å²) in [4.78, 5) is 13.7. The number of carbonyl (C=O) groups is 1. The van der Waals surface area contributed by atoms with Gasteiger partial charge in [0.2, 0.25) is 0 Å². The predicted octanol–water partition coefficient (Wildman–Crippen LogP) is 3.18. The minimum atomic E-state index is -2.99. The number of hydrogen-bond donors (Lipinski definition) is 2. The van der Waals surface area contributed by atoms with E-state index >= 15 is 0 Å². The molecule has 1 heterocycles. The normalized spacial score (nSPS) is 18.4. The summed E-state index contributed by atoms with van der Waals surface area (Å²) in [6, 6.07) is 3.79. The highest BCUT2D eigenvalue weighted by Crippen LogP contribution is 2.29. The summed E-state index contributed by atoms with van der Waals surface area (Å²) < 4.78 is 28.8. The molecule has 1 unspecified atom stereocenters. The number of piperidine rings is 1. The first-order valence-corrected chi connectivity index (χ1v) is 7.28. The number of benzene rings is 1. The Balaban J connectivity index is 2.02. The summed E-state index contributed by atoms with van der Waals surface area (Å²) in [6.45, 7) is -1.89. The van der Waals surface area contributed by atoms with Crippen molar-refractivity contribution in [3.8, 4) is 5.75 Å². The standard InChI is InChI=1S/C14H17ClF2N2O3/c15-11-4-3-10(6-12(11)22-13(16)17)18-14(21)19-5-1-2-9(7-19)8-20/h3-4,6,9,13,20H,1-2,5,7-8H2,(H,18,21). The van der Waals surface area contributed by atoms with E-state index in [2.05, 4.69) is 10.1 Å². The zero-order chi connectivity index (χ0) is 16.1. The van der Waals surface area contributed by atoms with Crippen LogP contribution < -0.4 is 10.1 Å². The molecule has 1 fully saturated rings. The summed E-state index contributed by atoms with van der Waals surface area (Å²) in [5, 5.41) is 11.8. The molecule has 1 aromatic rings. The Labute approximate surface area is 131 Å². The van der Waals surface area contributed by atoms with Crippen molar-refractivity contribution < 1.29 is 23.4 Å². The molecular formula is C14H17ClF2N2O3. The Bertz CT molecular complexity index is 531. The molecule has 2 rings (SSSR count). The van der Waals surface area contributed by atoms with Crippen molar-refractivity contribution in [3.05, 3.63) is 23.2 Å². The molecule has 1 aliphatic heterocycles. The lowest BCUT2D eigenvalue weighted by Gasteiger charge is -2.31. The Morgan fingerprint density at radius 2 is 2.32 bits per heavy atom. The van der Waals surface area contributed by atoms with Gasteiger partial charge in [0, 0.05) is 31.5 Å². The number of likely N-dealkylation sites (tertiary alicyclic amines) is 1. The van der Waals surface area contributed by atoms with Crippen LogP contribution >= 0.6 is 11.6 Å². The fourth-order valence-electron chi connectivity index (χ4n) is 2.37. The fraction of sp³-hybridized carbons (Fsp3) is 0.500. The number of hydrogen-bond acceptors (Lipinski definition) is 3. The third-order valence-electron chi connectivity index (χ3n) is 3.46. The predicted molar refractivity (Wildman–Crippen MR) is 78.5 cm³/mol. The molecule has 122 valence electrons.